The summed E-state index contributed by atoms with van der Waals surface area (Å²) in [7, 11) is 0. The van der Waals surface area contributed by atoms with Gasteiger partial charge in [0.1, 0.15) is 0 Å². The third kappa shape index (κ3) is 3.79. The molecule has 0 spiro atoms. The van der Waals surface area contributed by atoms with E-state index < -0.39 is 0 Å². The maximum Gasteiger partial charge on any atom is 0.0647 e. The Labute approximate surface area is 139 Å². The Balaban J connectivity index is 1.84. The van der Waals surface area contributed by atoms with E-state index in [1.165, 1.54) is 52.8 Å². The molecule has 23 heavy (non-hydrogen) atoms. The van der Waals surface area contributed by atoms with Crippen molar-refractivity contribution in [1.82, 2.24) is 0 Å². The van der Waals surface area contributed by atoms with Gasteiger partial charge in [-0.25, -0.2) is 0 Å². The van der Waals surface area contributed by atoms with Crippen LogP contribution in [-0.4, -0.2) is 6.21 Å². The molecule has 1 nitrogen and oxygen atoms in total. The molecule has 0 aliphatic heterocycles. The van der Waals surface area contributed by atoms with Crippen LogP contribution in [-0.2, 0) is 6.54 Å². The fourth-order valence-electron chi connectivity index (χ4n) is 3.19. The van der Waals surface area contributed by atoms with Gasteiger partial charge in [0.15, 0.2) is 0 Å². The third-order valence-electron chi connectivity index (χ3n) is 4.45. The van der Waals surface area contributed by atoms with Gasteiger partial charge in [-0.3, -0.25) is 4.99 Å². The van der Waals surface area contributed by atoms with Crippen LogP contribution in [0.4, 0.5) is 0 Å². The van der Waals surface area contributed by atoms with Gasteiger partial charge in [0.2, 0.25) is 0 Å². The summed E-state index contributed by atoms with van der Waals surface area (Å²) in [6.07, 6.45) is 8.42. The van der Waals surface area contributed by atoms with E-state index >= 15 is 0 Å². The summed E-state index contributed by atoms with van der Waals surface area (Å²) in [4.78, 5) is 4.71. The molecule has 0 N–H and O–H groups in total. The van der Waals surface area contributed by atoms with E-state index in [4.69, 9.17) is 4.99 Å². The van der Waals surface area contributed by atoms with Crippen molar-refractivity contribution in [2.45, 2.75) is 45.6 Å². The second-order valence-corrected chi connectivity index (χ2v) is 6.17. The maximum atomic E-state index is 4.71. The van der Waals surface area contributed by atoms with Crippen molar-refractivity contribution < 1.29 is 0 Å². The maximum absolute atomic E-state index is 4.71. The monoisotopic (exact) mass is 303 g/mol. The largest absolute Gasteiger partial charge is 0.293 e. The number of hydrogen-bond acceptors (Lipinski definition) is 1. The van der Waals surface area contributed by atoms with E-state index in [1.807, 2.05) is 0 Å². The lowest BCUT2D eigenvalue weighted by Gasteiger charge is -2.09. The SMILES string of the molecule is CCCCCCC=NCc1c2ccccc2cc2ccccc12. The first kappa shape index (κ1) is 15.7. The Kier molecular flexibility index (Phi) is 5.42. The molecule has 0 unspecified atom stereocenters. The van der Waals surface area contributed by atoms with Gasteiger partial charge in [0.05, 0.1) is 6.54 Å². The summed E-state index contributed by atoms with van der Waals surface area (Å²) < 4.78 is 0. The highest BCUT2D eigenvalue weighted by molar-refractivity contribution is 6.02. The quantitative estimate of drug-likeness (QED) is 0.267. The molecule has 0 heterocycles. The fraction of sp³-hybridized carbons (Fsp3) is 0.318. The average molecular weight is 303 g/mol. The van der Waals surface area contributed by atoms with E-state index in [-0.39, 0.29) is 0 Å². The minimum absolute atomic E-state index is 0.773. The highest BCUT2D eigenvalue weighted by atomic mass is 14.7. The number of aliphatic imine (C=N–C) groups is 1. The Morgan fingerprint density at radius 1 is 0.826 bits per heavy atom. The summed E-state index contributed by atoms with van der Waals surface area (Å²) in [6.45, 7) is 3.02. The van der Waals surface area contributed by atoms with Crippen LogP contribution in [0.15, 0.2) is 59.6 Å². The summed E-state index contributed by atoms with van der Waals surface area (Å²) in [5.74, 6) is 0. The molecule has 118 valence electrons. The van der Waals surface area contributed by atoms with E-state index in [2.05, 4.69) is 67.7 Å². The minimum atomic E-state index is 0.773. The lowest BCUT2D eigenvalue weighted by atomic mass is 9.97. The number of rotatable bonds is 7. The van der Waals surface area contributed by atoms with Gasteiger partial charge in [0, 0.05) is 0 Å². The second-order valence-electron chi connectivity index (χ2n) is 6.17. The van der Waals surface area contributed by atoms with Crippen molar-refractivity contribution >= 4 is 27.8 Å². The molecule has 0 atom stereocenters. The molecular formula is C22H25N. The second kappa shape index (κ2) is 7.92. The van der Waals surface area contributed by atoms with Crippen molar-refractivity contribution in [3.63, 3.8) is 0 Å². The number of hydrogen-bond donors (Lipinski definition) is 0. The van der Waals surface area contributed by atoms with Crippen LogP contribution in [0.1, 0.15) is 44.6 Å². The molecule has 0 fully saturated rings. The molecular weight excluding hydrogens is 278 g/mol. The van der Waals surface area contributed by atoms with Gasteiger partial charge in [0.25, 0.3) is 0 Å². The van der Waals surface area contributed by atoms with Crippen LogP contribution >= 0.6 is 0 Å². The normalized spacial score (nSPS) is 11.7. The van der Waals surface area contributed by atoms with Crippen molar-refractivity contribution in [1.29, 1.82) is 0 Å². The van der Waals surface area contributed by atoms with Crippen molar-refractivity contribution in [3.8, 4) is 0 Å². The van der Waals surface area contributed by atoms with Crippen molar-refractivity contribution in [2.75, 3.05) is 0 Å². The number of fused-ring (bicyclic) bond motifs is 2. The van der Waals surface area contributed by atoms with Crippen molar-refractivity contribution in [2.24, 2.45) is 4.99 Å². The summed E-state index contributed by atoms with van der Waals surface area (Å²) in [5, 5.41) is 5.27. The smallest absolute Gasteiger partial charge is 0.0647 e. The lowest BCUT2D eigenvalue weighted by Crippen LogP contribution is -1.89. The zero-order chi connectivity index (χ0) is 15.9. The number of nitrogens with zero attached hydrogens (tertiary/aromatic N) is 1. The summed E-state index contributed by atoms with van der Waals surface area (Å²) >= 11 is 0. The average Bonchev–Trinajstić information content (AvgIpc) is 2.60. The standard InChI is InChI=1S/C22H25N/c1-2-3-4-5-10-15-23-17-22-20-13-8-6-11-18(20)16-19-12-7-9-14-21(19)22/h6-9,11-16H,2-5,10,17H2,1H3. The van der Waals surface area contributed by atoms with Gasteiger partial charge in [-0.15, -0.1) is 0 Å². The summed E-state index contributed by atoms with van der Waals surface area (Å²) in [6, 6.07) is 19.6. The molecule has 0 aromatic heterocycles. The first-order chi connectivity index (χ1) is 11.4. The Morgan fingerprint density at radius 2 is 1.48 bits per heavy atom. The van der Waals surface area contributed by atoms with Crippen molar-refractivity contribution in [3.05, 3.63) is 60.2 Å². The molecule has 0 aliphatic rings. The van der Waals surface area contributed by atoms with E-state index in [0.717, 1.165) is 13.0 Å². The van der Waals surface area contributed by atoms with Crippen LogP contribution in [0, 0.1) is 0 Å². The topological polar surface area (TPSA) is 12.4 Å². The predicted molar refractivity (Wildman–Crippen MR) is 102 cm³/mol. The van der Waals surface area contributed by atoms with E-state index in [0.29, 0.717) is 0 Å². The first-order valence-corrected chi connectivity index (χ1v) is 8.78. The Morgan fingerprint density at radius 3 is 2.13 bits per heavy atom. The van der Waals surface area contributed by atoms with E-state index in [9.17, 15) is 0 Å². The minimum Gasteiger partial charge on any atom is -0.293 e. The highest BCUT2D eigenvalue weighted by Gasteiger charge is 2.06. The summed E-state index contributed by atoms with van der Waals surface area (Å²) in [5.41, 5.74) is 1.35. The van der Waals surface area contributed by atoms with Crippen LogP contribution < -0.4 is 0 Å². The van der Waals surface area contributed by atoms with Gasteiger partial charge in [-0.05, 0) is 52.2 Å². The highest BCUT2D eigenvalue weighted by Crippen LogP contribution is 2.28. The van der Waals surface area contributed by atoms with Crippen LogP contribution in [0.3, 0.4) is 0 Å². The molecule has 0 aliphatic carbocycles. The van der Waals surface area contributed by atoms with Gasteiger partial charge < -0.3 is 0 Å². The molecule has 3 aromatic rings. The Bertz CT molecular complexity index is 747. The molecule has 0 saturated heterocycles. The third-order valence-corrected chi connectivity index (χ3v) is 4.45. The van der Waals surface area contributed by atoms with Crippen LogP contribution in [0.25, 0.3) is 21.5 Å². The number of benzene rings is 3. The van der Waals surface area contributed by atoms with Gasteiger partial charge in [-0.1, -0.05) is 74.7 Å². The van der Waals surface area contributed by atoms with Crippen LogP contribution in [0.5, 0.6) is 0 Å². The fourth-order valence-corrected chi connectivity index (χ4v) is 3.19. The predicted octanol–water partition coefficient (Wildman–Crippen LogP) is 6.53. The van der Waals surface area contributed by atoms with E-state index in [1.54, 1.807) is 0 Å². The molecule has 0 bridgehead atoms. The zero-order valence-electron chi connectivity index (χ0n) is 14.0. The number of unbranched alkanes of at least 4 members (excludes halogenated alkanes) is 4. The Hall–Kier alpha value is -2.15. The zero-order valence-corrected chi connectivity index (χ0v) is 14.0. The molecule has 1 heteroatoms. The molecule has 3 rings (SSSR count). The molecule has 0 radical (unpaired) electrons. The molecule has 0 amide bonds. The molecule has 0 saturated carbocycles. The molecule has 3 aromatic carbocycles. The van der Waals surface area contributed by atoms with Crippen LogP contribution in [0.2, 0.25) is 0 Å². The lowest BCUT2D eigenvalue weighted by molar-refractivity contribution is 0.685. The van der Waals surface area contributed by atoms with Gasteiger partial charge >= 0.3 is 0 Å². The van der Waals surface area contributed by atoms with Gasteiger partial charge in [-0.2, -0.15) is 0 Å². The first-order valence-electron chi connectivity index (χ1n) is 8.78.